The second-order valence-corrected chi connectivity index (χ2v) is 4.81. The Balaban J connectivity index is 2.06. The van der Waals surface area contributed by atoms with E-state index >= 15 is 0 Å². The molecule has 1 fully saturated rings. The van der Waals surface area contributed by atoms with Gasteiger partial charge in [-0.05, 0) is 38.1 Å². The summed E-state index contributed by atoms with van der Waals surface area (Å²) in [6.45, 7) is 2.08. The van der Waals surface area contributed by atoms with Crippen molar-refractivity contribution in [3.63, 3.8) is 0 Å². The van der Waals surface area contributed by atoms with Crippen LogP contribution in [0.15, 0.2) is 18.2 Å². The molecule has 0 aliphatic carbocycles. The lowest BCUT2D eigenvalue weighted by Crippen LogP contribution is -2.35. The van der Waals surface area contributed by atoms with Gasteiger partial charge in [0.05, 0.1) is 5.56 Å². The van der Waals surface area contributed by atoms with E-state index in [2.05, 4.69) is 18.0 Å². The Kier molecular flexibility index (Phi) is 3.88. The lowest BCUT2D eigenvalue weighted by molar-refractivity contribution is 0.114. The van der Waals surface area contributed by atoms with Crippen molar-refractivity contribution in [3.8, 4) is 11.8 Å². The van der Waals surface area contributed by atoms with Gasteiger partial charge in [0, 0.05) is 18.1 Å². The fourth-order valence-electron chi connectivity index (χ4n) is 1.97. The number of ether oxygens (including phenoxy) is 1. The van der Waals surface area contributed by atoms with Crippen LogP contribution in [0.5, 0.6) is 5.75 Å². The first-order valence-corrected chi connectivity index (χ1v) is 6.11. The third kappa shape index (κ3) is 3.12. The fourth-order valence-corrected chi connectivity index (χ4v) is 2.15. The van der Waals surface area contributed by atoms with Gasteiger partial charge in [0.1, 0.15) is 17.9 Å². The van der Waals surface area contributed by atoms with Gasteiger partial charge in [0.2, 0.25) is 0 Å². The number of piperidine rings is 1. The Bertz CT molecular complexity index is 434. The second-order valence-electron chi connectivity index (χ2n) is 4.37. The molecule has 0 amide bonds. The maximum atomic E-state index is 9.02. The second kappa shape index (κ2) is 5.39. The van der Waals surface area contributed by atoms with E-state index in [0.29, 0.717) is 16.3 Å². The Morgan fingerprint density at radius 3 is 2.76 bits per heavy atom. The highest BCUT2D eigenvalue weighted by atomic mass is 35.5. The van der Waals surface area contributed by atoms with Crippen LogP contribution in [0.3, 0.4) is 0 Å². The minimum Gasteiger partial charge on any atom is -0.489 e. The van der Waals surface area contributed by atoms with Crippen molar-refractivity contribution in [1.82, 2.24) is 4.90 Å². The molecule has 0 saturated carbocycles. The summed E-state index contributed by atoms with van der Waals surface area (Å²) in [6, 6.07) is 7.29. The molecule has 1 aromatic carbocycles. The fraction of sp³-hybridized carbons (Fsp3) is 0.462. The van der Waals surface area contributed by atoms with Crippen molar-refractivity contribution in [2.75, 3.05) is 20.1 Å². The molecule has 1 saturated heterocycles. The van der Waals surface area contributed by atoms with Gasteiger partial charge in [0.15, 0.2) is 0 Å². The molecular formula is C13H15ClN2O. The average Bonchev–Trinajstić information content (AvgIpc) is 2.34. The molecule has 17 heavy (non-hydrogen) atoms. The lowest BCUT2D eigenvalue weighted by Gasteiger charge is -2.29. The summed E-state index contributed by atoms with van der Waals surface area (Å²) in [6.07, 6.45) is 2.22. The first kappa shape index (κ1) is 12.2. The van der Waals surface area contributed by atoms with E-state index in [1.807, 2.05) is 0 Å². The van der Waals surface area contributed by atoms with Crippen LogP contribution in [0.4, 0.5) is 0 Å². The minimum absolute atomic E-state index is 0.208. The number of hydrogen-bond donors (Lipinski definition) is 0. The first-order chi connectivity index (χ1) is 8.19. The zero-order chi connectivity index (χ0) is 12.3. The van der Waals surface area contributed by atoms with E-state index in [1.165, 1.54) is 0 Å². The Morgan fingerprint density at radius 2 is 2.12 bits per heavy atom. The predicted octanol–water partition coefficient (Wildman–Crippen LogP) is 2.68. The molecule has 0 radical (unpaired) electrons. The topological polar surface area (TPSA) is 36.3 Å². The van der Waals surface area contributed by atoms with Gasteiger partial charge in [-0.15, -0.1) is 0 Å². The number of nitrogens with zero attached hydrogens (tertiary/aromatic N) is 2. The number of halogens is 1. The van der Waals surface area contributed by atoms with Gasteiger partial charge in [-0.2, -0.15) is 5.26 Å². The number of hydrogen-bond acceptors (Lipinski definition) is 3. The van der Waals surface area contributed by atoms with Gasteiger partial charge < -0.3 is 9.64 Å². The molecule has 90 valence electrons. The van der Waals surface area contributed by atoms with E-state index in [1.54, 1.807) is 18.2 Å². The molecule has 1 aromatic rings. The third-order valence-corrected chi connectivity index (χ3v) is 3.26. The molecule has 0 N–H and O–H groups in total. The molecular weight excluding hydrogens is 236 g/mol. The summed E-state index contributed by atoms with van der Waals surface area (Å²) in [5.74, 6) is 0.645. The SMILES string of the molecule is CN1CCC(Oc2ccc(Cl)cc2C#N)CC1. The lowest BCUT2D eigenvalue weighted by atomic mass is 10.1. The van der Waals surface area contributed by atoms with Gasteiger partial charge in [0.25, 0.3) is 0 Å². The molecule has 3 nitrogen and oxygen atoms in total. The van der Waals surface area contributed by atoms with E-state index in [-0.39, 0.29) is 6.10 Å². The molecule has 1 aliphatic rings. The van der Waals surface area contributed by atoms with E-state index < -0.39 is 0 Å². The molecule has 1 heterocycles. The van der Waals surface area contributed by atoms with Crippen LogP contribution >= 0.6 is 11.6 Å². The van der Waals surface area contributed by atoms with Crippen LogP contribution in [-0.2, 0) is 0 Å². The summed E-state index contributed by atoms with van der Waals surface area (Å²) < 4.78 is 5.87. The molecule has 0 bridgehead atoms. The van der Waals surface area contributed by atoms with Crippen LogP contribution in [0.25, 0.3) is 0 Å². The van der Waals surface area contributed by atoms with Gasteiger partial charge in [-0.25, -0.2) is 0 Å². The molecule has 0 atom stereocenters. The zero-order valence-corrected chi connectivity index (χ0v) is 10.6. The van der Waals surface area contributed by atoms with Crippen molar-refractivity contribution < 1.29 is 4.74 Å². The summed E-state index contributed by atoms with van der Waals surface area (Å²) in [5, 5.41) is 9.58. The van der Waals surface area contributed by atoms with Crippen molar-refractivity contribution >= 4 is 11.6 Å². The number of benzene rings is 1. The molecule has 1 aliphatic heterocycles. The maximum absolute atomic E-state index is 9.02. The summed E-state index contributed by atoms with van der Waals surface area (Å²) >= 11 is 5.84. The summed E-state index contributed by atoms with van der Waals surface area (Å²) in [7, 11) is 2.11. The first-order valence-electron chi connectivity index (χ1n) is 5.74. The smallest absolute Gasteiger partial charge is 0.137 e. The van der Waals surface area contributed by atoms with Crippen molar-refractivity contribution in [3.05, 3.63) is 28.8 Å². The van der Waals surface area contributed by atoms with E-state index in [9.17, 15) is 0 Å². The molecule has 4 heteroatoms. The minimum atomic E-state index is 0.208. The van der Waals surface area contributed by atoms with E-state index in [0.717, 1.165) is 25.9 Å². The van der Waals surface area contributed by atoms with Crippen molar-refractivity contribution in [2.45, 2.75) is 18.9 Å². The highest BCUT2D eigenvalue weighted by Gasteiger charge is 2.19. The van der Waals surface area contributed by atoms with Crippen molar-refractivity contribution in [2.24, 2.45) is 0 Å². The molecule has 0 unspecified atom stereocenters. The van der Waals surface area contributed by atoms with Crippen LogP contribution in [0.1, 0.15) is 18.4 Å². The van der Waals surface area contributed by atoms with Gasteiger partial charge in [-0.3, -0.25) is 0 Å². The quantitative estimate of drug-likeness (QED) is 0.810. The Morgan fingerprint density at radius 1 is 1.41 bits per heavy atom. The van der Waals surface area contributed by atoms with E-state index in [4.69, 9.17) is 21.6 Å². The monoisotopic (exact) mass is 250 g/mol. The van der Waals surface area contributed by atoms with Crippen molar-refractivity contribution in [1.29, 1.82) is 5.26 Å². The summed E-state index contributed by atoms with van der Waals surface area (Å²) in [5.41, 5.74) is 0.511. The maximum Gasteiger partial charge on any atom is 0.137 e. The van der Waals surface area contributed by atoms with Crippen LogP contribution in [0.2, 0.25) is 5.02 Å². The van der Waals surface area contributed by atoms with Gasteiger partial charge >= 0.3 is 0 Å². The molecule has 0 aromatic heterocycles. The number of rotatable bonds is 2. The average molecular weight is 251 g/mol. The summed E-state index contributed by atoms with van der Waals surface area (Å²) in [4.78, 5) is 2.28. The Hall–Kier alpha value is -1.24. The third-order valence-electron chi connectivity index (χ3n) is 3.02. The van der Waals surface area contributed by atoms with Crippen LogP contribution in [0, 0.1) is 11.3 Å². The molecule has 2 rings (SSSR count). The number of likely N-dealkylation sites (tertiary alicyclic amines) is 1. The zero-order valence-electron chi connectivity index (χ0n) is 9.82. The van der Waals surface area contributed by atoms with Gasteiger partial charge in [-0.1, -0.05) is 11.6 Å². The predicted molar refractivity (Wildman–Crippen MR) is 67.3 cm³/mol. The standard InChI is InChI=1S/C13H15ClN2O/c1-16-6-4-12(5-7-16)17-13-3-2-11(14)8-10(13)9-15/h2-3,8,12H,4-7H2,1H3. The highest BCUT2D eigenvalue weighted by molar-refractivity contribution is 6.30. The van der Waals surface area contributed by atoms with Crippen LogP contribution < -0.4 is 4.74 Å². The largest absolute Gasteiger partial charge is 0.489 e. The molecule has 0 spiro atoms. The Labute approximate surface area is 107 Å². The number of nitriles is 1. The normalized spacial score (nSPS) is 17.7. The highest BCUT2D eigenvalue weighted by Crippen LogP contribution is 2.25. The van der Waals surface area contributed by atoms with Crippen LogP contribution in [-0.4, -0.2) is 31.1 Å².